The molecule has 4 heteroatoms. The lowest BCUT2D eigenvalue weighted by Gasteiger charge is -2.28. The number of nitrogens with zero attached hydrogens (tertiary/aromatic N) is 1. The maximum Gasteiger partial charge on any atom is 0.191 e. The van der Waals surface area contributed by atoms with Crippen LogP contribution in [0.3, 0.4) is 0 Å². The molecule has 0 amide bonds. The topological polar surface area (TPSA) is 29.5 Å². The molecule has 24 heavy (non-hydrogen) atoms. The third-order valence-corrected chi connectivity index (χ3v) is 5.54. The van der Waals surface area contributed by atoms with Crippen molar-refractivity contribution < 1.29 is 9.53 Å². The number of carbonyl (C=O) groups excluding carboxylic acids is 1. The van der Waals surface area contributed by atoms with Gasteiger partial charge in [0.1, 0.15) is 0 Å². The van der Waals surface area contributed by atoms with Crippen LogP contribution in [-0.4, -0.2) is 37.8 Å². The summed E-state index contributed by atoms with van der Waals surface area (Å²) in [6.45, 7) is 3.45. The molecule has 0 unspecified atom stereocenters. The van der Waals surface area contributed by atoms with E-state index in [0.717, 1.165) is 53.7 Å². The van der Waals surface area contributed by atoms with Gasteiger partial charge >= 0.3 is 0 Å². The van der Waals surface area contributed by atoms with Crippen molar-refractivity contribution in [3.63, 3.8) is 0 Å². The van der Waals surface area contributed by atoms with Gasteiger partial charge in [-0.2, -0.15) is 0 Å². The molecule has 2 aliphatic heterocycles. The van der Waals surface area contributed by atoms with Crippen LogP contribution in [0.15, 0.2) is 59.0 Å². The predicted molar refractivity (Wildman–Crippen MR) is 98.9 cm³/mol. The molecule has 4 rings (SSSR count). The number of ether oxygens (including phenoxy) is 1. The second-order valence-electron chi connectivity index (χ2n) is 5.97. The minimum atomic E-state index is 0.154. The monoisotopic (exact) mass is 337 g/mol. The van der Waals surface area contributed by atoms with Crippen molar-refractivity contribution in [3.05, 3.63) is 65.2 Å². The van der Waals surface area contributed by atoms with E-state index in [4.69, 9.17) is 4.74 Å². The van der Waals surface area contributed by atoms with Crippen LogP contribution in [0.5, 0.6) is 0 Å². The van der Waals surface area contributed by atoms with Gasteiger partial charge in [0.2, 0.25) is 0 Å². The minimum absolute atomic E-state index is 0.154. The van der Waals surface area contributed by atoms with Crippen molar-refractivity contribution in [1.29, 1.82) is 0 Å². The quantitative estimate of drug-likeness (QED) is 0.778. The first-order valence-electron chi connectivity index (χ1n) is 8.21. The van der Waals surface area contributed by atoms with Crippen LogP contribution in [0.1, 0.15) is 15.9 Å². The molecule has 3 nitrogen and oxygen atoms in total. The highest BCUT2D eigenvalue weighted by atomic mass is 32.2. The number of thioether (sulfide) groups is 1. The summed E-state index contributed by atoms with van der Waals surface area (Å²) in [5, 5.41) is 0. The molecule has 0 radical (unpaired) electrons. The highest BCUT2D eigenvalue weighted by Gasteiger charge is 2.21. The molecule has 122 valence electrons. The van der Waals surface area contributed by atoms with E-state index >= 15 is 0 Å². The van der Waals surface area contributed by atoms with Gasteiger partial charge in [-0.15, -0.1) is 11.8 Å². The number of benzene rings is 2. The number of hydrogen-bond donors (Lipinski definition) is 0. The summed E-state index contributed by atoms with van der Waals surface area (Å²) in [6, 6.07) is 16.3. The molecule has 0 aromatic heterocycles. The summed E-state index contributed by atoms with van der Waals surface area (Å²) >= 11 is 1.73. The average Bonchev–Trinajstić information content (AvgIpc) is 2.66. The number of morpholine rings is 1. The smallest absolute Gasteiger partial charge is 0.191 e. The van der Waals surface area contributed by atoms with Gasteiger partial charge in [0.05, 0.1) is 13.2 Å². The van der Waals surface area contributed by atoms with E-state index in [2.05, 4.69) is 29.2 Å². The molecule has 0 N–H and O–H groups in total. The van der Waals surface area contributed by atoms with Crippen molar-refractivity contribution in [2.75, 3.05) is 37.0 Å². The zero-order valence-electron chi connectivity index (χ0n) is 13.4. The Bertz CT molecular complexity index is 776. The van der Waals surface area contributed by atoms with E-state index in [1.54, 1.807) is 11.8 Å². The molecule has 1 saturated heterocycles. The van der Waals surface area contributed by atoms with Gasteiger partial charge in [-0.3, -0.25) is 4.79 Å². The van der Waals surface area contributed by atoms with E-state index in [1.807, 2.05) is 30.3 Å². The highest BCUT2D eigenvalue weighted by molar-refractivity contribution is 7.99. The van der Waals surface area contributed by atoms with Gasteiger partial charge in [0.15, 0.2) is 5.78 Å². The molecule has 0 bridgehead atoms. The van der Waals surface area contributed by atoms with Crippen LogP contribution in [-0.2, 0) is 4.74 Å². The first-order valence-corrected chi connectivity index (χ1v) is 9.20. The predicted octanol–water partition coefficient (Wildman–Crippen LogP) is 3.90. The molecular formula is C20H19NO2S. The number of Topliss-reactive ketones (excluding diaryl/α,β-unsaturated/α-hetero) is 1. The van der Waals surface area contributed by atoms with Gasteiger partial charge in [0.25, 0.3) is 0 Å². The summed E-state index contributed by atoms with van der Waals surface area (Å²) in [5.74, 6) is 0.891. The second kappa shape index (κ2) is 6.83. The SMILES string of the molecule is O=C1C(=Cc2ccc(N3CCOCC3)cc2)CSc2ccccc21. The fraction of sp³-hybridized carbons (Fsp3) is 0.250. The number of carbonyl (C=O) groups is 1. The first-order chi connectivity index (χ1) is 11.8. The van der Waals surface area contributed by atoms with Crippen LogP contribution >= 0.6 is 11.8 Å². The summed E-state index contributed by atoms with van der Waals surface area (Å²) in [4.78, 5) is 16.0. The maximum atomic E-state index is 12.6. The first kappa shape index (κ1) is 15.5. The van der Waals surface area contributed by atoms with Gasteiger partial charge in [0, 0.05) is 40.6 Å². The third-order valence-electron chi connectivity index (χ3n) is 4.42. The van der Waals surface area contributed by atoms with Crippen LogP contribution in [0.4, 0.5) is 5.69 Å². The number of ketones is 1. The maximum absolute atomic E-state index is 12.6. The van der Waals surface area contributed by atoms with Gasteiger partial charge in [-0.25, -0.2) is 0 Å². The lowest BCUT2D eigenvalue weighted by Crippen LogP contribution is -2.36. The molecule has 0 atom stereocenters. The molecule has 2 aliphatic rings. The van der Waals surface area contributed by atoms with Gasteiger partial charge < -0.3 is 9.64 Å². The molecule has 0 aliphatic carbocycles. The molecule has 0 saturated carbocycles. The summed E-state index contributed by atoms with van der Waals surface area (Å²) in [6.07, 6.45) is 2.02. The second-order valence-corrected chi connectivity index (χ2v) is 6.99. The van der Waals surface area contributed by atoms with Crippen LogP contribution in [0, 0.1) is 0 Å². The zero-order chi connectivity index (χ0) is 16.4. The molecule has 2 aromatic rings. The Morgan fingerprint density at radius 1 is 1.00 bits per heavy atom. The van der Waals surface area contributed by atoms with E-state index in [0.29, 0.717) is 0 Å². The van der Waals surface area contributed by atoms with Gasteiger partial charge in [-0.1, -0.05) is 24.3 Å². The third kappa shape index (κ3) is 3.12. The standard InChI is InChI=1S/C20H19NO2S/c22-20-16(14-24-19-4-2-1-3-18(19)20)13-15-5-7-17(8-6-15)21-9-11-23-12-10-21/h1-8,13H,9-12,14H2. The number of fused-ring (bicyclic) bond motifs is 1. The Kier molecular flexibility index (Phi) is 4.41. The summed E-state index contributed by atoms with van der Waals surface area (Å²) in [7, 11) is 0. The van der Waals surface area contributed by atoms with Gasteiger partial charge in [-0.05, 0) is 35.9 Å². The molecule has 2 heterocycles. The molecule has 2 aromatic carbocycles. The molecular weight excluding hydrogens is 318 g/mol. The molecule has 0 spiro atoms. The molecule has 1 fully saturated rings. The van der Waals surface area contributed by atoms with Crippen LogP contribution in [0.2, 0.25) is 0 Å². The zero-order valence-corrected chi connectivity index (χ0v) is 14.2. The Morgan fingerprint density at radius 2 is 1.75 bits per heavy atom. The highest BCUT2D eigenvalue weighted by Crippen LogP contribution is 2.33. The summed E-state index contributed by atoms with van der Waals surface area (Å²) in [5.41, 5.74) is 3.99. The largest absolute Gasteiger partial charge is 0.378 e. The lowest BCUT2D eigenvalue weighted by atomic mass is 10.0. The Balaban J connectivity index is 1.54. The van der Waals surface area contributed by atoms with Crippen molar-refractivity contribution in [2.45, 2.75) is 4.90 Å². The van der Waals surface area contributed by atoms with E-state index in [9.17, 15) is 4.79 Å². The van der Waals surface area contributed by atoms with Crippen molar-refractivity contribution >= 4 is 29.3 Å². The fourth-order valence-corrected chi connectivity index (χ4v) is 4.10. The minimum Gasteiger partial charge on any atom is -0.378 e. The van der Waals surface area contributed by atoms with E-state index < -0.39 is 0 Å². The van der Waals surface area contributed by atoms with Crippen molar-refractivity contribution in [1.82, 2.24) is 0 Å². The number of rotatable bonds is 2. The van der Waals surface area contributed by atoms with E-state index in [1.165, 1.54) is 5.69 Å². The number of hydrogen-bond acceptors (Lipinski definition) is 4. The van der Waals surface area contributed by atoms with E-state index in [-0.39, 0.29) is 5.78 Å². The van der Waals surface area contributed by atoms with Crippen LogP contribution in [0.25, 0.3) is 6.08 Å². The Morgan fingerprint density at radius 3 is 2.54 bits per heavy atom. The van der Waals surface area contributed by atoms with Crippen molar-refractivity contribution in [3.8, 4) is 0 Å². The Hall–Kier alpha value is -2.04. The number of anilines is 1. The normalized spacial score (nSPS) is 19.4. The Labute approximate surface area is 146 Å². The van der Waals surface area contributed by atoms with Crippen LogP contribution < -0.4 is 4.90 Å². The lowest BCUT2D eigenvalue weighted by molar-refractivity contribution is 0.103. The van der Waals surface area contributed by atoms with Crippen molar-refractivity contribution in [2.24, 2.45) is 0 Å². The fourth-order valence-electron chi connectivity index (χ4n) is 3.09. The summed E-state index contributed by atoms with van der Waals surface area (Å²) < 4.78 is 5.39. The average molecular weight is 337 g/mol.